The van der Waals surface area contributed by atoms with Crippen LogP contribution >= 0.6 is 11.6 Å². The first-order valence-corrected chi connectivity index (χ1v) is 8.11. The predicted molar refractivity (Wildman–Crippen MR) is 93.3 cm³/mol. The Hall–Kier alpha value is -2.08. The Bertz CT molecular complexity index is 629. The van der Waals surface area contributed by atoms with Crippen LogP contribution in [0.5, 0.6) is 0 Å². The predicted octanol–water partition coefficient (Wildman–Crippen LogP) is 3.26. The Morgan fingerprint density at radius 1 is 1.21 bits per heavy atom. The minimum Gasteiger partial charge on any atom is -0.480 e. The molecule has 0 unspecified atom stereocenters. The van der Waals surface area contributed by atoms with Crippen molar-refractivity contribution < 1.29 is 19.5 Å². The lowest BCUT2D eigenvalue weighted by molar-refractivity contribution is -0.138. The smallest absolute Gasteiger partial charge is 0.323 e. The van der Waals surface area contributed by atoms with Crippen LogP contribution in [0.15, 0.2) is 18.2 Å². The number of hydrogen-bond donors (Lipinski definition) is 2. The summed E-state index contributed by atoms with van der Waals surface area (Å²) >= 11 is 6.09. The molecule has 1 aromatic carbocycles. The van der Waals surface area contributed by atoms with Gasteiger partial charge in [0.1, 0.15) is 6.54 Å². The van der Waals surface area contributed by atoms with Crippen LogP contribution in [0.2, 0.25) is 5.02 Å². The Morgan fingerprint density at radius 3 is 2.33 bits per heavy atom. The van der Waals surface area contributed by atoms with Gasteiger partial charge in [-0.25, -0.2) is 0 Å². The second-order valence-corrected chi connectivity index (χ2v) is 6.67. The quantitative estimate of drug-likeness (QED) is 0.786. The van der Waals surface area contributed by atoms with Crippen molar-refractivity contribution in [1.29, 1.82) is 0 Å². The van der Waals surface area contributed by atoms with Crippen molar-refractivity contribution in [3.8, 4) is 0 Å². The fraction of sp³-hybridized carbons (Fsp3) is 0.471. The number of rotatable bonds is 7. The lowest BCUT2D eigenvalue weighted by Gasteiger charge is -2.25. The molecule has 1 aromatic rings. The van der Waals surface area contributed by atoms with Crippen LogP contribution in [-0.4, -0.2) is 40.4 Å². The Balaban J connectivity index is 3.05. The second-order valence-electron chi connectivity index (χ2n) is 6.26. The molecule has 0 aliphatic carbocycles. The first-order valence-electron chi connectivity index (χ1n) is 7.74. The van der Waals surface area contributed by atoms with Crippen molar-refractivity contribution in [3.05, 3.63) is 28.8 Å². The van der Waals surface area contributed by atoms with Gasteiger partial charge in [0.05, 0.1) is 10.6 Å². The average Bonchev–Trinajstić information content (AvgIpc) is 2.44. The van der Waals surface area contributed by atoms with E-state index in [1.807, 2.05) is 13.8 Å². The zero-order valence-corrected chi connectivity index (χ0v) is 15.1. The summed E-state index contributed by atoms with van der Waals surface area (Å²) in [7, 11) is 0. The van der Waals surface area contributed by atoms with Crippen molar-refractivity contribution in [2.75, 3.05) is 11.9 Å². The van der Waals surface area contributed by atoms with Crippen molar-refractivity contribution in [3.63, 3.8) is 0 Å². The monoisotopic (exact) mass is 354 g/mol. The van der Waals surface area contributed by atoms with Crippen LogP contribution in [0, 0.1) is 5.92 Å². The highest BCUT2D eigenvalue weighted by Crippen LogP contribution is 2.23. The molecule has 132 valence electrons. The maximum atomic E-state index is 12.6. The average molecular weight is 355 g/mol. The summed E-state index contributed by atoms with van der Waals surface area (Å²) in [5.74, 6) is -1.53. The highest BCUT2D eigenvalue weighted by atomic mass is 35.5. The molecule has 0 spiro atoms. The minimum atomic E-state index is -1.10. The molecule has 0 aliphatic rings. The Labute approximate surface area is 146 Å². The van der Waals surface area contributed by atoms with Crippen LogP contribution in [0.1, 0.15) is 44.5 Å². The van der Waals surface area contributed by atoms with Crippen LogP contribution in [-0.2, 0) is 9.59 Å². The van der Waals surface area contributed by atoms with E-state index in [0.717, 1.165) is 0 Å². The number of aliphatic carboxylic acids is 1. The molecule has 0 saturated carbocycles. The van der Waals surface area contributed by atoms with Gasteiger partial charge in [0.15, 0.2) is 0 Å². The summed E-state index contributed by atoms with van der Waals surface area (Å²) < 4.78 is 0. The van der Waals surface area contributed by atoms with E-state index in [1.165, 1.54) is 17.0 Å². The molecule has 0 aromatic heterocycles. The first kappa shape index (κ1) is 20.0. The summed E-state index contributed by atoms with van der Waals surface area (Å²) in [5.41, 5.74) is 0.612. The number of anilines is 1. The molecule has 0 radical (unpaired) electrons. The summed E-state index contributed by atoms with van der Waals surface area (Å²) in [6, 6.07) is 4.29. The van der Waals surface area contributed by atoms with Gasteiger partial charge < -0.3 is 15.3 Å². The molecule has 2 amide bonds. The van der Waals surface area contributed by atoms with E-state index in [2.05, 4.69) is 5.32 Å². The van der Waals surface area contributed by atoms with E-state index in [4.69, 9.17) is 16.7 Å². The van der Waals surface area contributed by atoms with Crippen LogP contribution in [0.25, 0.3) is 0 Å². The van der Waals surface area contributed by atoms with Crippen molar-refractivity contribution in [2.45, 2.75) is 40.2 Å². The van der Waals surface area contributed by atoms with Gasteiger partial charge in [0.2, 0.25) is 5.91 Å². The molecule has 0 aliphatic heterocycles. The maximum Gasteiger partial charge on any atom is 0.323 e. The lowest BCUT2D eigenvalue weighted by atomic mass is 10.1. The van der Waals surface area contributed by atoms with E-state index in [9.17, 15) is 14.4 Å². The van der Waals surface area contributed by atoms with Gasteiger partial charge in [0, 0.05) is 18.2 Å². The van der Waals surface area contributed by atoms with Gasteiger partial charge in [0.25, 0.3) is 5.91 Å². The number of carboxylic acids is 1. The number of carboxylic acid groups (broad SMARTS) is 1. The van der Waals surface area contributed by atoms with E-state index < -0.39 is 18.4 Å². The highest BCUT2D eigenvalue weighted by molar-refractivity contribution is 6.34. The maximum absolute atomic E-state index is 12.6. The minimum absolute atomic E-state index is 0.156. The number of carbonyl (C=O) groups excluding carboxylic acids is 2. The highest BCUT2D eigenvalue weighted by Gasteiger charge is 2.23. The summed E-state index contributed by atoms with van der Waals surface area (Å²) in [5, 5.41) is 11.9. The molecule has 0 fully saturated rings. The van der Waals surface area contributed by atoms with Crippen molar-refractivity contribution in [1.82, 2.24) is 4.90 Å². The Morgan fingerprint density at radius 2 is 1.83 bits per heavy atom. The Kier molecular flexibility index (Phi) is 7.22. The van der Waals surface area contributed by atoms with Gasteiger partial charge in [-0.3, -0.25) is 14.4 Å². The molecular formula is C17H23ClN2O4. The zero-order chi connectivity index (χ0) is 18.4. The third-order valence-electron chi connectivity index (χ3n) is 3.26. The van der Waals surface area contributed by atoms with Crippen LogP contribution < -0.4 is 5.32 Å². The molecule has 0 atom stereocenters. The molecule has 24 heavy (non-hydrogen) atoms. The number of carbonyl (C=O) groups is 3. The lowest BCUT2D eigenvalue weighted by Crippen LogP contribution is -2.40. The number of nitrogens with one attached hydrogen (secondary N) is 1. The summed E-state index contributed by atoms with van der Waals surface area (Å²) in [6.07, 6.45) is 0.364. The van der Waals surface area contributed by atoms with E-state index in [0.29, 0.717) is 12.1 Å². The van der Waals surface area contributed by atoms with Crippen LogP contribution in [0.4, 0.5) is 5.69 Å². The molecule has 0 bridgehead atoms. The second kappa shape index (κ2) is 8.68. The first-order chi connectivity index (χ1) is 11.1. The van der Waals surface area contributed by atoms with Gasteiger partial charge in [-0.2, -0.15) is 0 Å². The summed E-state index contributed by atoms with van der Waals surface area (Å²) in [4.78, 5) is 36.7. The van der Waals surface area contributed by atoms with Gasteiger partial charge in [-0.05, 0) is 38.0 Å². The number of amides is 2. The topological polar surface area (TPSA) is 86.7 Å². The van der Waals surface area contributed by atoms with Crippen LogP contribution in [0.3, 0.4) is 0 Å². The summed E-state index contributed by atoms with van der Waals surface area (Å²) in [6.45, 7) is 6.90. The third kappa shape index (κ3) is 5.85. The number of benzene rings is 1. The standard InChI is InChI=1S/C17H23ClN2O4/c1-10(2)7-15(21)19-12-5-6-14(18)13(8-12)17(24)20(11(3)4)9-16(22)23/h5-6,8,10-11H,7,9H2,1-4H3,(H,19,21)(H,22,23). The SMILES string of the molecule is CC(C)CC(=O)Nc1ccc(Cl)c(C(=O)N(CC(=O)O)C(C)C)c1. The number of halogens is 1. The zero-order valence-electron chi connectivity index (χ0n) is 14.3. The van der Waals surface area contributed by atoms with E-state index >= 15 is 0 Å². The molecule has 0 saturated heterocycles. The van der Waals surface area contributed by atoms with Gasteiger partial charge in [-0.15, -0.1) is 0 Å². The van der Waals surface area contributed by atoms with Crippen molar-refractivity contribution in [2.24, 2.45) is 5.92 Å². The van der Waals surface area contributed by atoms with Crippen molar-refractivity contribution >= 4 is 35.1 Å². The largest absolute Gasteiger partial charge is 0.480 e. The van der Waals surface area contributed by atoms with E-state index in [-0.39, 0.29) is 28.5 Å². The number of nitrogens with zero attached hydrogens (tertiary/aromatic N) is 1. The van der Waals surface area contributed by atoms with E-state index in [1.54, 1.807) is 19.9 Å². The van der Waals surface area contributed by atoms with Gasteiger partial charge in [-0.1, -0.05) is 25.4 Å². The molecule has 0 heterocycles. The van der Waals surface area contributed by atoms with Gasteiger partial charge >= 0.3 is 5.97 Å². The molecule has 1 rings (SSSR count). The third-order valence-corrected chi connectivity index (χ3v) is 3.59. The number of hydrogen-bond acceptors (Lipinski definition) is 3. The molecular weight excluding hydrogens is 332 g/mol. The normalized spacial score (nSPS) is 10.8. The molecule has 2 N–H and O–H groups in total. The molecule has 7 heteroatoms. The molecule has 6 nitrogen and oxygen atoms in total. The fourth-order valence-electron chi connectivity index (χ4n) is 2.14. The fourth-order valence-corrected chi connectivity index (χ4v) is 2.34.